The van der Waals surface area contributed by atoms with Gasteiger partial charge in [-0.25, -0.2) is 8.42 Å². The lowest BCUT2D eigenvalue weighted by molar-refractivity contribution is -0.126. The Hall–Kier alpha value is -3.20. The highest BCUT2D eigenvalue weighted by Gasteiger charge is 2.35. The maximum atomic E-state index is 12.4. The first-order valence-electron chi connectivity index (χ1n) is 9.25. The first-order chi connectivity index (χ1) is 14.0. The summed E-state index contributed by atoms with van der Waals surface area (Å²) in [6.07, 6.45) is 0.169. The van der Waals surface area contributed by atoms with Crippen LogP contribution >= 0.6 is 0 Å². The molecule has 1 atom stereocenters. The summed E-state index contributed by atoms with van der Waals surface area (Å²) < 4.78 is 26.5. The molecule has 2 aliphatic rings. The minimum Gasteiger partial charge on any atom is -0.354 e. The van der Waals surface area contributed by atoms with Crippen molar-refractivity contribution in [3.8, 4) is 0 Å². The van der Waals surface area contributed by atoms with Gasteiger partial charge in [-0.1, -0.05) is 30.3 Å². The quantitative estimate of drug-likeness (QED) is 0.711. The van der Waals surface area contributed by atoms with E-state index in [1.54, 1.807) is 23.1 Å². The predicted molar refractivity (Wildman–Crippen MR) is 108 cm³/mol. The summed E-state index contributed by atoms with van der Waals surface area (Å²) >= 11 is 0. The molecule has 0 spiro atoms. The van der Waals surface area contributed by atoms with Gasteiger partial charge in [0.05, 0.1) is 17.4 Å². The number of sulfonamides is 1. The van der Waals surface area contributed by atoms with E-state index in [1.807, 2.05) is 30.3 Å². The predicted octanol–water partition coefficient (Wildman–Crippen LogP) is 0.894. The van der Waals surface area contributed by atoms with E-state index in [9.17, 15) is 18.0 Å². The number of carbonyl (C=O) groups excluding carboxylic acids is 2. The van der Waals surface area contributed by atoms with Gasteiger partial charge in [-0.05, 0) is 24.3 Å². The number of benzene rings is 2. The molecule has 0 aromatic heterocycles. The van der Waals surface area contributed by atoms with E-state index in [2.05, 4.69) is 15.0 Å². The minimum atomic E-state index is -3.57. The number of anilines is 1. The third kappa shape index (κ3) is 3.86. The number of hydrogen-bond acceptors (Lipinski definition) is 5. The molecule has 0 radical (unpaired) electrons. The van der Waals surface area contributed by atoms with Gasteiger partial charge in [0.25, 0.3) is 10.0 Å². The number of hydrogen-bond donors (Lipinski definition) is 2. The molecule has 9 heteroatoms. The first-order valence-corrected chi connectivity index (χ1v) is 10.7. The third-order valence-electron chi connectivity index (χ3n) is 4.91. The molecule has 1 fully saturated rings. The molecular formula is C20H20N4O4S. The van der Waals surface area contributed by atoms with E-state index in [-0.39, 0.29) is 42.1 Å². The Morgan fingerprint density at radius 1 is 1.14 bits per heavy atom. The fourth-order valence-corrected chi connectivity index (χ4v) is 4.73. The van der Waals surface area contributed by atoms with Gasteiger partial charge in [-0.2, -0.15) is 0 Å². The fourth-order valence-electron chi connectivity index (χ4n) is 3.48. The Balaban J connectivity index is 1.32. The van der Waals surface area contributed by atoms with Crippen molar-refractivity contribution in [2.45, 2.75) is 11.3 Å². The summed E-state index contributed by atoms with van der Waals surface area (Å²) in [5.41, 5.74) is 1.31. The van der Waals surface area contributed by atoms with Crippen molar-refractivity contribution >= 4 is 33.4 Å². The van der Waals surface area contributed by atoms with Crippen molar-refractivity contribution in [2.75, 3.05) is 24.5 Å². The van der Waals surface area contributed by atoms with E-state index >= 15 is 0 Å². The molecule has 2 amide bonds. The molecule has 2 N–H and O–H groups in total. The van der Waals surface area contributed by atoms with Gasteiger partial charge in [-0.3, -0.25) is 19.3 Å². The molecule has 29 heavy (non-hydrogen) atoms. The number of fused-ring (bicyclic) bond motifs is 1. The summed E-state index contributed by atoms with van der Waals surface area (Å²) in [5.74, 6) is -0.417. The van der Waals surface area contributed by atoms with E-state index in [0.29, 0.717) is 12.1 Å². The average molecular weight is 412 g/mol. The molecule has 8 nitrogen and oxygen atoms in total. The zero-order chi connectivity index (χ0) is 20.4. The smallest absolute Gasteiger partial charge is 0.263 e. The van der Waals surface area contributed by atoms with Gasteiger partial charge in [0.2, 0.25) is 11.8 Å². The van der Waals surface area contributed by atoms with Gasteiger partial charge >= 0.3 is 0 Å². The lowest BCUT2D eigenvalue weighted by atomic mass is 10.1. The van der Waals surface area contributed by atoms with Crippen molar-refractivity contribution in [3.05, 3.63) is 60.2 Å². The molecular weight excluding hydrogens is 392 g/mol. The summed E-state index contributed by atoms with van der Waals surface area (Å²) in [5, 5.41) is 2.78. The number of rotatable bonds is 5. The molecule has 1 unspecified atom stereocenters. The minimum absolute atomic E-state index is 0.0754. The molecule has 2 aromatic rings. The molecule has 2 heterocycles. The number of carbonyl (C=O) groups is 2. The van der Waals surface area contributed by atoms with Gasteiger partial charge in [-0.15, -0.1) is 0 Å². The lowest BCUT2D eigenvalue weighted by Crippen LogP contribution is -2.34. The number of amidine groups is 1. The Morgan fingerprint density at radius 3 is 2.66 bits per heavy atom. The average Bonchev–Trinajstić information content (AvgIpc) is 3.23. The molecule has 0 saturated carbocycles. The number of nitrogens with zero attached hydrogens (tertiary/aromatic N) is 2. The second-order valence-electron chi connectivity index (χ2n) is 6.86. The van der Waals surface area contributed by atoms with Crippen LogP contribution in [0.5, 0.6) is 0 Å². The Kier molecular flexibility index (Phi) is 5.06. The second kappa shape index (κ2) is 7.67. The van der Waals surface area contributed by atoms with E-state index in [4.69, 9.17) is 0 Å². The number of nitrogens with one attached hydrogen (secondary N) is 2. The SMILES string of the molecule is O=C(NCCN=C1NS(=O)(=O)c2ccccc21)C1CC(=O)N(c2ccccc2)C1. The summed E-state index contributed by atoms with van der Waals surface area (Å²) in [6, 6.07) is 15.9. The third-order valence-corrected chi connectivity index (χ3v) is 6.30. The van der Waals surface area contributed by atoms with Crippen LogP contribution < -0.4 is 14.9 Å². The topological polar surface area (TPSA) is 108 Å². The summed E-state index contributed by atoms with van der Waals surface area (Å²) in [7, 11) is -3.57. The standard InChI is InChI=1S/C20H20N4O4S/c25-18-12-14(13-24(18)15-6-2-1-3-7-15)20(26)22-11-10-21-19-16-8-4-5-9-17(16)29(27,28)23-19/h1-9,14H,10-13H2,(H,21,23)(H,22,26). The van der Waals surface area contributed by atoms with Crippen LogP contribution in [0, 0.1) is 5.92 Å². The van der Waals surface area contributed by atoms with Crippen LogP contribution in [0.4, 0.5) is 5.69 Å². The van der Waals surface area contributed by atoms with Crippen LogP contribution in [0.3, 0.4) is 0 Å². The Morgan fingerprint density at radius 2 is 1.86 bits per heavy atom. The van der Waals surface area contributed by atoms with Crippen molar-refractivity contribution < 1.29 is 18.0 Å². The van der Waals surface area contributed by atoms with Crippen molar-refractivity contribution in [2.24, 2.45) is 10.9 Å². The second-order valence-corrected chi connectivity index (χ2v) is 8.51. The van der Waals surface area contributed by atoms with Crippen LogP contribution in [0.25, 0.3) is 0 Å². The van der Waals surface area contributed by atoms with Gasteiger partial charge in [0.15, 0.2) is 0 Å². The highest BCUT2D eigenvalue weighted by Crippen LogP contribution is 2.25. The van der Waals surface area contributed by atoms with Crippen LogP contribution in [-0.4, -0.2) is 45.7 Å². The van der Waals surface area contributed by atoms with Crippen LogP contribution in [0.15, 0.2) is 64.5 Å². The van der Waals surface area contributed by atoms with Crippen LogP contribution in [0.1, 0.15) is 12.0 Å². The van der Waals surface area contributed by atoms with E-state index < -0.39 is 15.9 Å². The lowest BCUT2D eigenvalue weighted by Gasteiger charge is -2.16. The van der Waals surface area contributed by atoms with Gasteiger partial charge < -0.3 is 10.2 Å². The van der Waals surface area contributed by atoms with Crippen molar-refractivity contribution in [3.63, 3.8) is 0 Å². The van der Waals surface area contributed by atoms with Crippen molar-refractivity contribution in [1.29, 1.82) is 0 Å². The molecule has 1 saturated heterocycles. The summed E-state index contributed by atoms with van der Waals surface area (Å²) in [6.45, 7) is 0.819. The summed E-state index contributed by atoms with van der Waals surface area (Å²) in [4.78, 5) is 30.7. The highest BCUT2D eigenvalue weighted by molar-refractivity contribution is 7.90. The zero-order valence-corrected chi connectivity index (χ0v) is 16.4. The first kappa shape index (κ1) is 19.1. The number of amides is 2. The van der Waals surface area contributed by atoms with Gasteiger partial charge in [0, 0.05) is 30.8 Å². The normalized spacial score (nSPS) is 21.1. The van der Waals surface area contributed by atoms with Gasteiger partial charge in [0.1, 0.15) is 5.84 Å². The molecule has 150 valence electrons. The highest BCUT2D eigenvalue weighted by atomic mass is 32.2. The van der Waals surface area contributed by atoms with Crippen molar-refractivity contribution in [1.82, 2.24) is 10.0 Å². The monoisotopic (exact) mass is 412 g/mol. The molecule has 4 rings (SSSR count). The van der Waals surface area contributed by atoms with Crippen LogP contribution in [-0.2, 0) is 19.6 Å². The molecule has 0 bridgehead atoms. The zero-order valence-electron chi connectivity index (χ0n) is 15.5. The van der Waals surface area contributed by atoms with E-state index in [0.717, 1.165) is 5.69 Å². The van der Waals surface area contributed by atoms with E-state index in [1.165, 1.54) is 6.07 Å². The largest absolute Gasteiger partial charge is 0.354 e. The fraction of sp³-hybridized carbons (Fsp3) is 0.250. The Bertz CT molecular complexity index is 1080. The molecule has 2 aromatic carbocycles. The van der Waals surface area contributed by atoms with Crippen LogP contribution in [0.2, 0.25) is 0 Å². The number of para-hydroxylation sites is 1. The number of aliphatic imine (C=N–C) groups is 1. The molecule has 0 aliphatic carbocycles. The maximum Gasteiger partial charge on any atom is 0.263 e. The molecule has 2 aliphatic heterocycles. The maximum absolute atomic E-state index is 12.4. The Labute approximate surface area is 168 Å².